The number of amides is 1. The van der Waals surface area contributed by atoms with Crippen LogP contribution in [0.1, 0.15) is 72.9 Å². The molecular weight excluding hydrogens is 512 g/mol. The summed E-state index contributed by atoms with van der Waals surface area (Å²) in [5, 5.41) is 27.0. The van der Waals surface area contributed by atoms with E-state index in [1.165, 1.54) is 18.4 Å². The smallest absolute Gasteiger partial charge is 0.229 e. The minimum Gasteiger partial charge on any atom is -0.386 e. The van der Waals surface area contributed by atoms with E-state index in [1.807, 2.05) is 16.7 Å². The second kappa shape index (κ2) is 9.67. The Hall–Kier alpha value is -3.93. The lowest BCUT2D eigenvalue weighted by Gasteiger charge is -2.19. The van der Waals surface area contributed by atoms with Crippen LogP contribution >= 0.6 is 11.6 Å². The van der Waals surface area contributed by atoms with E-state index in [-0.39, 0.29) is 17.7 Å². The molecule has 2 atom stereocenters. The number of imidazole rings is 1. The minimum absolute atomic E-state index is 0.0241. The average Bonchev–Trinajstić information content (AvgIpc) is 3.83. The van der Waals surface area contributed by atoms with E-state index in [0.29, 0.717) is 35.3 Å². The van der Waals surface area contributed by atoms with Gasteiger partial charge in [0.25, 0.3) is 0 Å². The molecule has 2 fully saturated rings. The molecule has 39 heavy (non-hydrogen) atoms. The molecule has 2 aliphatic rings. The molecule has 3 aromatic heterocycles. The predicted molar refractivity (Wildman–Crippen MR) is 150 cm³/mol. The van der Waals surface area contributed by atoms with Crippen LogP contribution in [0.4, 0.5) is 11.5 Å². The van der Waals surface area contributed by atoms with Gasteiger partial charge in [-0.3, -0.25) is 4.79 Å². The Labute approximate surface area is 231 Å². The molecule has 2 aliphatic carbocycles. The second-order valence-electron chi connectivity index (χ2n) is 11.0. The summed E-state index contributed by atoms with van der Waals surface area (Å²) in [5.74, 6) is 0.645. The molecule has 0 radical (unpaired) electrons. The van der Waals surface area contributed by atoms with Crippen LogP contribution in [-0.2, 0) is 16.9 Å². The van der Waals surface area contributed by atoms with Gasteiger partial charge in [0.05, 0.1) is 29.5 Å². The van der Waals surface area contributed by atoms with Crippen molar-refractivity contribution in [2.24, 2.45) is 5.92 Å². The Morgan fingerprint density at radius 3 is 2.79 bits per heavy atom. The fraction of sp³-hybridized carbons (Fsp3) is 0.333. The van der Waals surface area contributed by atoms with Crippen molar-refractivity contribution in [1.29, 1.82) is 5.26 Å². The quantitative estimate of drug-likeness (QED) is 0.263. The maximum atomic E-state index is 12.9. The number of hydrogen-bond acceptors (Lipinski definition) is 6. The van der Waals surface area contributed by atoms with Crippen LogP contribution in [0.3, 0.4) is 0 Å². The molecular formula is C30H29ClN6O2. The zero-order valence-electron chi connectivity index (χ0n) is 21.8. The summed E-state index contributed by atoms with van der Waals surface area (Å²) in [6.07, 6.45) is 8.79. The molecule has 198 valence electrons. The van der Waals surface area contributed by atoms with Gasteiger partial charge in [-0.15, -0.1) is 0 Å². The van der Waals surface area contributed by atoms with Crippen molar-refractivity contribution >= 4 is 34.7 Å². The van der Waals surface area contributed by atoms with Crippen LogP contribution < -0.4 is 10.6 Å². The first-order valence-electron chi connectivity index (χ1n) is 13.1. The number of carbonyl (C=O) groups is 1. The Balaban J connectivity index is 1.13. The highest BCUT2D eigenvalue weighted by Gasteiger charge is 2.45. The third kappa shape index (κ3) is 5.33. The van der Waals surface area contributed by atoms with Crippen molar-refractivity contribution in [3.63, 3.8) is 0 Å². The van der Waals surface area contributed by atoms with Gasteiger partial charge in [0.2, 0.25) is 5.91 Å². The molecule has 0 spiro atoms. The van der Waals surface area contributed by atoms with Crippen molar-refractivity contribution in [1.82, 2.24) is 14.4 Å². The highest BCUT2D eigenvalue weighted by molar-refractivity contribution is 6.30. The highest BCUT2D eigenvalue weighted by atomic mass is 35.5. The van der Waals surface area contributed by atoms with Gasteiger partial charge in [0.15, 0.2) is 0 Å². The summed E-state index contributed by atoms with van der Waals surface area (Å²) in [6, 6.07) is 13.1. The largest absolute Gasteiger partial charge is 0.386 e. The number of nitrogens with one attached hydrogen (secondary N) is 2. The molecule has 8 nitrogen and oxygen atoms in total. The molecule has 6 rings (SSSR count). The molecule has 4 aromatic rings. The molecule has 0 saturated heterocycles. The van der Waals surface area contributed by atoms with Gasteiger partial charge in [-0.25, -0.2) is 9.97 Å². The number of carbonyl (C=O) groups excluding carboxylic acids is 1. The highest BCUT2D eigenvalue weighted by Crippen LogP contribution is 2.49. The monoisotopic (exact) mass is 540 g/mol. The van der Waals surface area contributed by atoms with E-state index in [4.69, 9.17) is 16.6 Å². The standard InChI is InChI=1S/C30H29ClN6O2/c1-30(2,39)26-9-19(17-3-4-17)15-37-16-22(35-28(26)37)14-34-21-7-8-33-27(11-21)36-29(38)25-12-24(25)23-10-20(31)6-5-18(23)13-32/h5-11,15-17,24-25,39H,3-4,12,14H2,1-2H3,(H2,33,34,36,38)/t24-,25+/m1/s1. The number of aromatic nitrogens is 3. The van der Waals surface area contributed by atoms with Crippen LogP contribution in [-0.4, -0.2) is 25.4 Å². The number of anilines is 2. The molecule has 0 bridgehead atoms. The van der Waals surface area contributed by atoms with Crippen molar-refractivity contribution in [2.75, 3.05) is 10.6 Å². The van der Waals surface area contributed by atoms with Crippen LogP contribution in [0.2, 0.25) is 5.02 Å². The van der Waals surface area contributed by atoms with E-state index in [0.717, 1.165) is 28.2 Å². The first-order chi connectivity index (χ1) is 18.7. The van der Waals surface area contributed by atoms with Gasteiger partial charge in [0, 0.05) is 46.8 Å². The molecule has 9 heteroatoms. The number of nitriles is 1. The summed E-state index contributed by atoms with van der Waals surface area (Å²) in [5.41, 5.74) is 4.83. The predicted octanol–water partition coefficient (Wildman–Crippen LogP) is 5.71. The topological polar surface area (TPSA) is 115 Å². The minimum atomic E-state index is -0.996. The summed E-state index contributed by atoms with van der Waals surface area (Å²) in [4.78, 5) is 22.0. The van der Waals surface area contributed by atoms with Crippen molar-refractivity contribution < 1.29 is 9.90 Å². The van der Waals surface area contributed by atoms with E-state index >= 15 is 0 Å². The fourth-order valence-electron chi connectivity index (χ4n) is 5.14. The van der Waals surface area contributed by atoms with Crippen molar-refractivity contribution in [3.8, 4) is 6.07 Å². The molecule has 1 amide bonds. The fourth-order valence-corrected chi connectivity index (χ4v) is 5.32. The molecule has 0 unspecified atom stereocenters. The van der Waals surface area contributed by atoms with Crippen molar-refractivity contribution in [2.45, 2.75) is 57.1 Å². The zero-order chi connectivity index (χ0) is 27.3. The number of benzene rings is 1. The van der Waals surface area contributed by atoms with Crippen LogP contribution in [0.15, 0.2) is 55.0 Å². The summed E-state index contributed by atoms with van der Waals surface area (Å²) in [7, 11) is 0. The SMILES string of the molecule is CC(C)(O)c1cc(C2CC2)cn2cc(CNc3ccnc(NC(=O)[C@H]4C[C@@H]4c4cc(Cl)ccc4C#N)c3)nc12. The number of fused-ring (bicyclic) bond motifs is 1. The molecule has 2 saturated carbocycles. The van der Waals surface area contributed by atoms with Crippen LogP contribution in [0.5, 0.6) is 0 Å². The van der Waals surface area contributed by atoms with Gasteiger partial charge < -0.3 is 20.1 Å². The summed E-state index contributed by atoms with van der Waals surface area (Å²) in [6.45, 7) is 4.05. The van der Waals surface area contributed by atoms with Gasteiger partial charge in [-0.1, -0.05) is 11.6 Å². The maximum absolute atomic E-state index is 12.9. The summed E-state index contributed by atoms with van der Waals surface area (Å²) >= 11 is 6.12. The normalized spacial score (nSPS) is 18.5. The average molecular weight is 541 g/mol. The maximum Gasteiger partial charge on any atom is 0.229 e. The Kier molecular flexibility index (Phi) is 6.29. The van der Waals surface area contributed by atoms with Crippen molar-refractivity contribution in [3.05, 3.63) is 88.0 Å². The number of rotatable bonds is 8. The number of halogens is 1. The third-order valence-corrected chi connectivity index (χ3v) is 7.71. The molecule has 0 aliphatic heterocycles. The lowest BCUT2D eigenvalue weighted by Crippen LogP contribution is -2.17. The second-order valence-corrected chi connectivity index (χ2v) is 11.5. The van der Waals surface area contributed by atoms with E-state index in [1.54, 1.807) is 44.3 Å². The van der Waals surface area contributed by atoms with Crippen LogP contribution in [0, 0.1) is 17.2 Å². The Bertz CT molecular complexity index is 1630. The number of pyridine rings is 2. The lowest BCUT2D eigenvalue weighted by atomic mass is 9.97. The Morgan fingerprint density at radius 2 is 2.05 bits per heavy atom. The van der Waals surface area contributed by atoms with Gasteiger partial charge in [0.1, 0.15) is 11.5 Å². The molecule has 1 aromatic carbocycles. The first-order valence-corrected chi connectivity index (χ1v) is 13.5. The molecule has 3 N–H and O–H groups in total. The zero-order valence-corrected chi connectivity index (χ0v) is 22.5. The van der Waals surface area contributed by atoms with Gasteiger partial charge in [-0.2, -0.15) is 5.26 Å². The first kappa shape index (κ1) is 25.4. The number of nitrogens with zero attached hydrogens (tertiary/aromatic N) is 4. The molecule has 3 heterocycles. The van der Waals surface area contributed by atoms with Gasteiger partial charge >= 0.3 is 0 Å². The van der Waals surface area contributed by atoms with Crippen LogP contribution in [0.25, 0.3) is 5.65 Å². The third-order valence-electron chi connectivity index (χ3n) is 7.48. The lowest BCUT2D eigenvalue weighted by molar-refractivity contribution is -0.117. The van der Waals surface area contributed by atoms with E-state index < -0.39 is 5.60 Å². The van der Waals surface area contributed by atoms with Gasteiger partial charge in [-0.05, 0) is 86.4 Å². The summed E-state index contributed by atoms with van der Waals surface area (Å²) < 4.78 is 2.01. The van der Waals surface area contributed by atoms with E-state index in [2.05, 4.69) is 33.9 Å². The number of aliphatic hydroxyl groups is 1. The van der Waals surface area contributed by atoms with E-state index in [9.17, 15) is 15.2 Å². The Morgan fingerprint density at radius 1 is 1.23 bits per heavy atom. The number of hydrogen-bond donors (Lipinski definition) is 3.